The van der Waals surface area contributed by atoms with E-state index in [-0.39, 0.29) is 5.91 Å². The van der Waals surface area contributed by atoms with Crippen LogP contribution in [-0.4, -0.2) is 17.4 Å². The number of nitrogens with zero attached hydrogens (tertiary/aromatic N) is 1. The van der Waals surface area contributed by atoms with Crippen LogP contribution in [0.2, 0.25) is 0 Å². The summed E-state index contributed by atoms with van der Waals surface area (Å²) in [6.45, 7) is 0.742. The first-order chi connectivity index (χ1) is 9.36. The van der Waals surface area contributed by atoms with Gasteiger partial charge in [0.25, 0.3) is 5.91 Å². The van der Waals surface area contributed by atoms with E-state index in [1.165, 1.54) is 5.56 Å². The molecule has 2 N–H and O–H groups in total. The van der Waals surface area contributed by atoms with E-state index < -0.39 is 0 Å². The van der Waals surface area contributed by atoms with Gasteiger partial charge >= 0.3 is 0 Å². The van der Waals surface area contributed by atoms with Crippen LogP contribution in [0.3, 0.4) is 0 Å². The van der Waals surface area contributed by atoms with Crippen molar-refractivity contribution in [3.63, 3.8) is 0 Å². The Bertz CT molecular complexity index is 499. The highest BCUT2D eigenvalue weighted by atomic mass is 16.2. The number of hydrogen-bond acceptors (Lipinski definition) is 3. The third-order valence-electron chi connectivity index (χ3n) is 2.75. The van der Waals surface area contributed by atoms with Crippen molar-refractivity contribution in [3.05, 3.63) is 66.0 Å². The number of aryl methyl sites for hydroxylation is 1. The van der Waals surface area contributed by atoms with Gasteiger partial charge in [-0.2, -0.15) is 0 Å². The van der Waals surface area contributed by atoms with Gasteiger partial charge < -0.3 is 0 Å². The molecule has 0 atom stereocenters. The summed E-state index contributed by atoms with van der Waals surface area (Å²) in [5, 5.41) is 0. The number of carbonyl (C=O) groups excluding carboxylic acids is 1. The highest BCUT2D eigenvalue weighted by Gasteiger charge is 2.02. The highest BCUT2D eigenvalue weighted by Crippen LogP contribution is 2.01. The number of amides is 1. The van der Waals surface area contributed by atoms with Crippen LogP contribution in [0.1, 0.15) is 22.3 Å². The van der Waals surface area contributed by atoms with E-state index in [2.05, 4.69) is 28.0 Å². The molecule has 1 aromatic carbocycles. The van der Waals surface area contributed by atoms with E-state index in [1.54, 1.807) is 24.5 Å². The van der Waals surface area contributed by atoms with Crippen LogP contribution in [0.15, 0.2) is 54.9 Å². The van der Waals surface area contributed by atoms with Gasteiger partial charge in [-0.25, -0.2) is 5.43 Å². The molecule has 0 aliphatic heterocycles. The zero-order valence-corrected chi connectivity index (χ0v) is 10.7. The largest absolute Gasteiger partial charge is 0.287 e. The molecule has 0 fully saturated rings. The Morgan fingerprint density at radius 1 is 1.05 bits per heavy atom. The van der Waals surface area contributed by atoms with Gasteiger partial charge in [-0.05, 0) is 30.5 Å². The minimum absolute atomic E-state index is 0.137. The smallest absolute Gasteiger partial charge is 0.265 e. The van der Waals surface area contributed by atoms with Crippen molar-refractivity contribution < 1.29 is 4.79 Å². The van der Waals surface area contributed by atoms with Gasteiger partial charge in [0.15, 0.2) is 0 Å². The molecule has 0 spiro atoms. The second-order valence-corrected chi connectivity index (χ2v) is 4.21. The Labute approximate surface area is 112 Å². The number of pyridine rings is 1. The van der Waals surface area contributed by atoms with Crippen LogP contribution in [0, 0.1) is 0 Å². The molecule has 1 amide bonds. The van der Waals surface area contributed by atoms with Crippen molar-refractivity contribution in [1.29, 1.82) is 0 Å². The van der Waals surface area contributed by atoms with Gasteiger partial charge in [-0.3, -0.25) is 15.2 Å². The predicted molar refractivity (Wildman–Crippen MR) is 74.5 cm³/mol. The Morgan fingerprint density at radius 3 is 2.53 bits per heavy atom. The molecule has 2 aromatic rings. The predicted octanol–water partition coefficient (Wildman–Crippen LogP) is 1.95. The topological polar surface area (TPSA) is 54.0 Å². The number of hydrazine groups is 1. The zero-order chi connectivity index (χ0) is 13.3. The van der Waals surface area contributed by atoms with Gasteiger partial charge in [-0.15, -0.1) is 0 Å². The van der Waals surface area contributed by atoms with Crippen molar-refractivity contribution in [2.24, 2.45) is 0 Å². The van der Waals surface area contributed by atoms with Gasteiger partial charge in [-0.1, -0.05) is 30.3 Å². The number of carbonyl (C=O) groups is 1. The molecular weight excluding hydrogens is 238 g/mol. The molecule has 0 bridgehead atoms. The fourth-order valence-electron chi connectivity index (χ4n) is 1.74. The third kappa shape index (κ3) is 4.52. The summed E-state index contributed by atoms with van der Waals surface area (Å²) < 4.78 is 0. The van der Waals surface area contributed by atoms with Crippen molar-refractivity contribution in [3.8, 4) is 0 Å². The molecule has 0 unspecified atom stereocenters. The number of nitrogens with one attached hydrogen (secondary N) is 2. The number of benzene rings is 1. The molecule has 2 rings (SSSR count). The Balaban J connectivity index is 1.63. The first-order valence-electron chi connectivity index (χ1n) is 6.33. The lowest BCUT2D eigenvalue weighted by molar-refractivity contribution is 0.0933. The second-order valence-electron chi connectivity index (χ2n) is 4.21. The van der Waals surface area contributed by atoms with Crippen LogP contribution in [0.4, 0.5) is 0 Å². The average molecular weight is 255 g/mol. The monoisotopic (exact) mass is 255 g/mol. The van der Waals surface area contributed by atoms with E-state index >= 15 is 0 Å². The summed E-state index contributed by atoms with van der Waals surface area (Å²) in [4.78, 5) is 15.5. The van der Waals surface area contributed by atoms with Crippen molar-refractivity contribution in [2.45, 2.75) is 12.8 Å². The summed E-state index contributed by atoms with van der Waals surface area (Å²) in [5.41, 5.74) is 7.51. The maximum Gasteiger partial charge on any atom is 0.265 e. The maximum atomic E-state index is 11.7. The summed E-state index contributed by atoms with van der Waals surface area (Å²) in [6, 6.07) is 13.7. The first-order valence-corrected chi connectivity index (χ1v) is 6.33. The minimum Gasteiger partial charge on any atom is -0.287 e. The quantitative estimate of drug-likeness (QED) is 0.612. The molecule has 0 aliphatic rings. The molecule has 0 radical (unpaired) electrons. The number of rotatable bonds is 6. The van der Waals surface area contributed by atoms with Gasteiger partial charge in [0.1, 0.15) is 0 Å². The molecule has 98 valence electrons. The van der Waals surface area contributed by atoms with Crippen LogP contribution in [-0.2, 0) is 6.42 Å². The Kier molecular flexibility index (Phi) is 5.07. The minimum atomic E-state index is -0.137. The van der Waals surface area contributed by atoms with Crippen molar-refractivity contribution >= 4 is 5.91 Å². The van der Waals surface area contributed by atoms with Gasteiger partial charge in [0.2, 0.25) is 0 Å². The molecule has 0 saturated carbocycles. The summed E-state index contributed by atoms with van der Waals surface area (Å²) in [7, 11) is 0. The van der Waals surface area contributed by atoms with Crippen LogP contribution in [0.25, 0.3) is 0 Å². The van der Waals surface area contributed by atoms with E-state index in [0.717, 1.165) is 19.4 Å². The average Bonchev–Trinajstić information content (AvgIpc) is 2.49. The Hall–Kier alpha value is -2.20. The maximum absolute atomic E-state index is 11.7. The lowest BCUT2D eigenvalue weighted by Gasteiger charge is -2.07. The van der Waals surface area contributed by atoms with E-state index in [0.29, 0.717) is 5.56 Å². The fourth-order valence-corrected chi connectivity index (χ4v) is 1.74. The lowest BCUT2D eigenvalue weighted by atomic mass is 10.1. The molecular formula is C15H17N3O. The molecule has 0 saturated heterocycles. The number of hydrogen-bond donors (Lipinski definition) is 2. The molecule has 4 heteroatoms. The molecule has 1 heterocycles. The third-order valence-corrected chi connectivity index (χ3v) is 2.75. The number of aromatic nitrogens is 1. The van der Waals surface area contributed by atoms with Crippen LogP contribution >= 0.6 is 0 Å². The molecule has 1 aromatic heterocycles. The fraction of sp³-hybridized carbons (Fsp3) is 0.200. The standard InChI is InChI=1S/C15H17N3O/c19-15(14-8-11-16-12-9-14)18-17-10-4-7-13-5-2-1-3-6-13/h1-3,5-6,8-9,11-12,17H,4,7,10H2,(H,18,19). The molecule has 0 aliphatic carbocycles. The van der Waals surface area contributed by atoms with E-state index in [4.69, 9.17) is 0 Å². The summed E-state index contributed by atoms with van der Waals surface area (Å²) in [6.07, 6.45) is 5.17. The SMILES string of the molecule is O=C(NNCCCc1ccccc1)c1ccncc1. The van der Waals surface area contributed by atoms with Crippen molar-refractivity contribution in [2.75, 3.05) is 6.54 Å². The molecule has 19 heavy (non-hydrogen) atoms. The van der Waals surface area contributed by atoms with Gasteiger partial charge in [0.05, 0.1) is 0 Å². The van der Waals surface area contributed by atoms with E-state index in [9.17, 15) is 4.79 Å². The normalized spacial score (nSPS) is 10.1. The zero-order valence-electron chi connectivity index (χ0n) is 10.7. The lowest BCUT2D eigenvalue weighted by Crippen LogP contribution is -2.38. The van der Waals surface area contributed by atoms with Crippen molar-refractivity contribution in [1.82, 2.24) is 15.8 Å². The highest BCUT2D eigenvalue weighted by molar-refractivity contribution is 5.93. The second kappa shape index (κ2) is 7.28. The summed E-state index contributed by atoms with van der Waals surface area (Å²) >= 11 is 0. The van der Waals surface area contributed by atoms with E-state index in [1.807, 2.05) is 18.2 Å². The van der Waals surface area contributed by atoms with Crippen LogP contribution in [0.5, 0.6) is 0 Å². The Morgan fingerprint density at radius 2 is 1.79 bits per heavy atom. The molecule has 4 nitrogen and oxygen atoms in total. The first kappa shape index (κ1) is 13.2. The summed E-state index contributed by atoms with van der Waals surface area (Å²) in [5.74, 6) is -0.137. The van der Waals surface area contributed by atoms with Gasteiger partial charge in [0, 0.05) is 24.5 Å². The van der Waals surface area contributed by atoms with Crippen LogP contribution < -0.4 is 10.9 Å².